The molecule has 0 fully saturated rings. The fraction of sp³-hybridized carbons (Fsp3) is 0.750. The Hall–Kier alpha value is 2.80. The van der Waals surface area contributed by atoms with Gasteiger partial charge in [-0.25, -0.2) is 0 Å². The molecule has 0 radical (unpaired) electrons. The number of alkyl halides is 1. The summed E-state index contributed by atoms with van der Waals surface area (Å²) in [6.45, 7) is 3.75. The summed E-state index contributed by atoms with van der Waals surface area (Å²) in [5, 5.41) is 0. The number of carbonyl (C=O) groups is 2. The van der Waals surface area contributed by atoms with Crippen molar-refractivity contribution in [2.45, 2.75) is 37.0 Å². The molecule has 0 aliphatic heterocycles. The summed E-state index contributed by atoms with van der Waals surface area (Å²) in [5.41, 5.74) is 0. The first-order chi connectivity index (χ1) is 5.61. The summed E-state index contributed by atoms with van der Waals surface area (Å²) in [6, 6.07) is 0. The van der Waals surface area contributed by atoms with Gasteiger partial charge in [-0.05, 0) is 12.8 Å². The minimum absolute atomic E-state index is 0. The molecule has 80 valence electrons. The van der Waals surface area contributed by atoms with Gasteiger partial charge in [0.15, 0.2) is 0 Å². The van der Waals surface area contributed by atoms with Crippen LogP contribution in [-0.2, 0) is 14.3 Å². The van der Waals surface area contributed by atoms with Crippen LogP contribution in [0.1, 0.15) is 34.5 Å². The molecule has 3 nitrogen and oxygen atoms in total. The molecule has 1 atom stereocenters. The first kappa shape index (κ1) is 26.4. The summed E-state index contributed by atoms with van der Waals surface area (Å²) < 4.78 is 4.35. The second kappa shape index (κ2) is 16.8. The Morgan fingerprint density at radius 2 is 1.87 bits per heavy atom. The first-order valence-corrected chi connectivity index (χ1v) is 5.25. The van der Waals surface area contributed by atoms with Gasteiger partial charge in [0.2, 0.25) is 0 Å². The molecule has 0 heterocycles. The van der Waals surface area contributed by atoms with Gasteiger partial charge >= 0.3 is 92.9 Å². The first-order valence-electron chi connectivity index (χ1n) is 4.00. The van der Waals surface area contributed by atoms with Crippen LogP contribution in [0.15, 0.2) is 0 Å². The Bertz CT molecular complexity index is 189. The van der Waals surface area contributed by atoms with Gasteiger partial charge in [-0.1, -0.05) is 36.4 Å². The minimum atomic E-state index is -0.420. The van der Waals surface area contributed by atoms with Crippen LogP contribution in [0.2, 0.25) is 0 Å². The van der Waals surface area contributed by atoms with Gasteiger partial charge in [-0.15, -0.1) is 0 Å². The van der Waals surface area contributed by atoms with Crippen molar-refractivity contribution in [1.29, 1.82) is 0 Å². The Morgan fingerprint density at radius 3 is 2.20 bits per heavy atom. The number of esters is 2. The standard InChI is InChI=1S/C8H13IO3.ClH.K.Na.H/c1-3-5-7(10)12-8(11)6(9)4-2;;;;/h6H,3-5H2,1-2H3;1H;;;/q;;2*+1;-1/p-1. The molecule has 0 amide bonds. The van der Waals surface area contributed by atoms with E-state index in [0.29, 0.717) is 19.3 Å². The van der Waals surface area contributed by atoms with Crippen LogP contribution in [0.4, 0.5) is 0 Å². The molecule has 15 heavy (non-hydrogen) atoms. The van der Waals surface area contributed by atoms with Crippen molar-refractivity contribution in [3.8, 4) is 0 Å². The van der Waals surface area contributed by atoms with E-state index in [-0.39, 0.29) is 98.7 Å². The molecule has 7 heteroatoms. The van der Waals surface area contributed by atoms with E-state index in [0.717, 1.165) is 0 Å². The largest absolute Gasteiger partial charge is 1.00 e. The van der Waals surface area contributed by atoms with E-state index in [2.05, 4.69) is 4.74 Å². The van der Waals surface area contributed by atoms with Crippen LogP contribution in [0, 0.1) is 0 Å². The molecule has 1 unspecified atom stereocenters. The minimum Gasteiger partial charge on any atom is -1.00 e. The summed E-state index contributed by atoms with van der Waals surface area (Å²) >= 11 is 1.97. The monoisotopic (exact) mass is 382 g/mol. The Labute approximate surface area is 177 Å². The zero-order chi connectivity index (χ0) is 9.56. The predicted molar refractivity (Wildman–Crippen MR) is 55.2 cm³/mol. The van der Waals surface area contributed by atoms with E-state index in [1.54, 1.807) is 0 Å². The maximum atomic E-state index is 11.0. The maximum Gasteiger partial charge on any atom is 1.00 e. The number of hydrogen-bond donors (Lipinski definition) is 0. The Balaban J connectivity index is -0.000000101. The molecule has 0 spiro atoms. The quantitative estimate of drug-likeness (QED) is 0.160. The summed E-state index contributed by atoms with van der Waals surface area (Å²) in [5.74, 6) is -0.839. The van der Waals surface area contributed by atoms with Crippen molar-refractivity contribution < 1.29 is 109 Å². The van der Waals surface area contributed by atoms with Crippen LogP contribution in [0.3, 0.4) is 0 Å². The topological polar surface area (TPSA) is 43.4 Å². The second-order valence-electron chi connectivity index (χ2n) is 2.42. The van der Waals surface area contributed by atoms with Crippen molar-refractivity contribution in [1.82, 2.24) is 0 Å². The van der Waals surface area contributed by atoms with Crippen LogP contribution in [0.25, 0.3) is 0 Å². The van der Waals surface area contributed by atoms with E-state index in [1.165, 1.54) is 0 Å². The third-order valence-corrected chi connectivity index (χ3v) is 2.67. The average molecular weight is 383 g/mol. The van der Waals surface area contributed by atoms with Gasteiger partial charge < -0.3 is 18.6 Å². The normalized spacial score (nSPS) is 9.80. The molecule has 0 aliphatic carbocycles. The zero-order valence-corrected chi connectivity index (χ0v) is 17.7. The summed E-state index contributed by atoms with van der Waals surface area (Å²) in [6.07, 6.45) is 1.72. The fourth-order valence-corrected chi connectivity index (χ4v) is 0.725. The predicted octanol–water partition coefficient (Wildman–Crippen LogP) is -6.81. The van der Waals surface area contributed by atoms with Gasteiger partial charge in [0.1, 0.15) is 3.92 Å². The zero-order valence-electron chi connectivity index (χ0n) is 10.7. The van der Waals surface area contributed by atoms with E-state index >= 15 is 0 Å². The number of hydrogen-bond acceptors (Lipinski definition) is 3. The van der Waals surface area contributed by atoms with Crippen molar-refractivity contribution in [3.63, 3.8) is 0 Å². The van der Waals surface area contributed by atoms with Crippen LogP contribution < -0.4 is 93.3 Å². The third-order valence-electron chi connectivity index (χ3n) is 1.28. The van der Waals surface area contributed by atoms with E-state index in [1.807, 2.05) is 36.4 Å². The number of rotatable bonds is 4. The molecule has 0 aromatic rings. The van der Waals surface area contributed by atoms with E-state index < -0.39 is 11.9 Å². The van der Waals surface area contributed by atoms with E-state index in [9.17, 15) is 9.59 Å². The fourth-order valence-electron chi connectivity index (χ4n) is 0.598. The Kier molecular flexibility index (Phi) is 29.5. The molecular weight excluding hydrogens is 369 g/mol. The van der Waals surface area contributed by atoms with E-state index in [4.69, 9.17) is 0 Å². The van der Waals surface area contributed by atoms with Crippen molar-refractivity contribution in [2.75, 3.05) is 0 Å². The van der Waals surface area contributed by atoms with Gasteiger partial charge in [0.25, 0.3) is 0 Å². The number of ether oxygens (including phenoxy) is 1. The van der Waals surface area contributed by atoms with Crippen molar-refractivity contribution in [2.24, 2.45) is 0 Å². The molecule has 0 N–H and O–H groups in total. The molecule has 0 bridgehead atoms. The smallest absolute Gasteiger partial charge is 1.00 e. The van der Waals surface area contributed by atoms with Crippen LogP contribution in [-0.4, -0.2) is 15.9 Å². The number of halogens is 2. The average Bonchev–Trinajstić information content (AvgIpc) is 2.03. The second-order valence-corrected chi connectivity index (χ2v) is 3.92. The maximum absolute atomic E-state index is 11.0. The summed E-state index contributed by atoms with van der Waals surface area (Å²) in [4.78, 5) is 21.8. The SMILES string of the molecule is CCCC(=O)OC(=O)C(I)CC.[Cl-].[H-].[K+].[Na+]. The van der Waals surface area contributed by atoms with Gasteiger partial charge in [0.05, 0.1) is 0 Å². The van der Waals surface area contributed by atoms with Gasteiger partial charge in [0, 0.05) is 6.42 Å². The van der Waals surface area contributed by atoms with Crippen molar-refractivity contribution >= 4 is 34.5 Å². The molecule has 0 aromatic carbocycles. The molecule has 0 aliphatic rings. The molecule has 0 aromatic heterocycles. The van der Waals surface area contributed by atoms with Crippen molar-refractivity contribution in [3.05, 3.63) is 0 Å². The molecule has 0 saturated carbocycles. The molecular formula is C8H14ClIKNaO3. The van der Waals surface area contributed by atoms with Gasteiger partial charge in [-0.3, -0.25) is 9.59 Å². The molecule has 0 rings (SSSR count). The summed E-state index contributed by atoms with van der Waals surface area (Å²) in [7, 11) is 0. The van der Waals surface area contributed by atoms with Crippen LogP contribution in [0.5, 0.6) is 0 Å². The Morgan fingerprint density at radius 1 is 1.40 bits per heavy atom. The third kappa shape index (κ3) is 14.7. The number of carbonyl (C=O) groups excluding carboxylic acids is 2. The van der Waals surface area contributed by atoms with Gasteiger partial charge in [-0.2, -0.15) is 0 Å². The molecule has 0 saturated heterocycles. The van der Waals surface area contributed by atoms with Crippen LogP contribution >= 0.6 is 22.6 Å².